The van der Waals surface area contributed by atoms with Crippen LogP contribution in [0.3, 0.4) is 0 Å². The third-order valence-electron chi connectivity index (χ3n) is 2.14. The SMILES string of the molecule is CN(CCC(=O)O)S(=O)(=O)c1cccc(Cl)c1. The molecule has 0 aromatic heterocycles. The number of carboxylic acids is 1. The first-order valence-electron chi connectivity index (χ1n) is 4.78. The number of nitrogens with zero attached hydrogens (tertiary/aromatic N) is 1. The maximum Gasteiger partial charge on any atom is 0.304 e. The highest BCUT2D eigenvalue weighted by molar-refractivity contribution is 7.89. The fourth-order valence-electron chi connectivity index (χ4n) is 1.18. The molecule has 0 spiro atoms. The van der Waals surface area contributed by atoms with Crippen molar-refractivity contribution in [3.63, 3.8) is 0 Å². The van der Waals surface area contributed by atoms with Gasteiger partial charge in [0.15, 0.2) is 0 Å². The quantitative estimate of drug-likeness (QED) is 0.884. The third kappa shape index (κ3) is 3.69. The fourth-order valence-corrected chi connectivity index (χ4v) is 2.65. The van der Waals surface area contributed by atoms with E-state index < -0.39 is 16.0 Å². The minimum atomic E-state index is -3.67. The predicted molar refractivity (Wildman–Crippen MR) is 63.5 cm³/mol. The maximum absolute atomic E-state index is 12.0. The molecule has 0 aliphatic rings. The van der Waals surface area contributed by atoms with Gasteiger partial charge in [-0.3, -0.25) is 4.79 Å². The van der Waals surface area contributed by atoms with Crippen molar-refractivity contribution in [2.45, 2.75) is 11.3 Å². The van der Waals surface area contributed by atoms with E-state index in [4.69, 9.17) is 16.7 Å². The lowest BCUT2D eigenvalue weighted by atomic mass is 10.4. The van der Waals surface area contributed by atoms with Crippen LogP contribution in [-0.2, 0) is 14.8 Å². The van der Waals surface area contributed by atoms with Crippen LogP contribution in [0.5, 0.6) is 0 Å². The van der Waals surface area contributed by atoms with Crippen LogP contribution in [0, 0.1) is 0 Å². The second-order valence-corrected chi connectivity index (χ2v) is 5.91. The summed E-state index contributed by atoms with van der Waals surface area (Å²) in [5, 5.41) is 8.82. The van der Waals surface area contributed by atoms with Crippen molar-refractivity contribution in [1.82, 2.24) is 4.31 Å². The molecule has 1 rings (SSSR count). The van der Waals surface area contributed by atoms with Crippen molar-refractivity contribution >= 4 is 27.6 Å². The predicted octanol–water partition coefficient (Wildman–Crippen LogP) is 1.44. The Morgan fingerprint density at radius 2 is 2.12 bits per heavy atom. The van der Waals surface area contributed by atoms with Gasteiger partial charge in [-0.1, -0.05) is 17.7 Å². The summed E-state index contributed by atoms with van der Waals surface area (Å²) in [6.45, 7) is -0.0792. The van der Waals surface area contributed by atoms with Crippen LogP contribution in [0.15, 0.2) is 29.2 Å². The first-order valence-corrected chi connectivity index (χ1v) is 6.59. The molecule has 1 aromatic rings. The van der Waals surface area contributed by atoms with Crippen molar-refractivity contribution in [1.29, 1.82) is 0 Å². The molecule has 0 atom stereocenters. The van der Waals surface area contributed by atoms with Gasteiger partial charge in [-0.2, -0.15) is 0 Å². The molecular formula is C10H12ClNO4S. The van der Waals surface area contributed by atoms with E-state index in [2.05, 4.69) is 0 Å². The molecular weight excluding hydrogens is 266 g/mol. The van der Waals surface area contributed by atoms with Crippen molar-refractivity contribution in [3.05, 3.63) is 29.3 Å². The van der Waals surface area contributed by atoms with Crippen LogP contribution in [-0.4, -0.2) is 37.4 Å². The molecule has 0 aliphatic heterocycles. The van der Waals surface area contributed by atoms with E-state index in [0.29, 0.717) is 5.02 Å². The van der Waals surface area contributed by atoms with Crippen LogP contribution in [0.4, 0.5) is 0 Å². The summed E-state index contributed by atoms with van der Waals surface area (Å²) in [6, 6.07) is 5.84. The van der Waals surface area contributed by atoms with Crippen molar-refractivity contribution in [3.8, 4) is 0 Å². The highest BCUT2D eigenvalue weighted by Crippen LogP contribution is 2.18. The Morgan fingerprint density at radius 1 is 1.47 bits per heavy atom. The molecule has 0 radical (unpaired) electrons. The molecule has 17 heavy (non-hydrogen) atoms. The standard InChI is InChI=1S/C10H12ClNO4S/c1-12(6-5-10(13)14)17(15,16)9-4-2-3-8(11)7-9/h2-4,7H,5-6H2,1H3,(H,13,14). The average molecular weight is 278 g/mol. The summed E-state index contributed by atoms with van der Waals surface area (Å²) >= 11 is 5.71. The van der Waals surface area contributed by atoms with Gasteiger partial charge in [0.2, 0.25) is 10.0 Å². The molecule has 5 nitrogen and oxygen atoms in total. The summed E-state index contributed by atoms with van der Waals surface area (Å²) < 4.78 is 24.9. The van der Waals surface area contributed by atoms with Crippen molar-refractivity contribution < 1.29 is 18.3 Å². The molecule has 0 bridgehead atoms. The van der Waals surface area contributed by atoms with E-state index in [9.17, 15) is 13.2 Å². The smallest absolute Gasteiger partial charge is 0.304 e. The Labute approximate surface area is 105 Å². The number of rotatable bonds is 5. The van der Waals surface area contributed by atoms with Gasteiger partial charge < -0.3 is 5.11 Å². The molecule has 0 heterocycles. The van der Waals surface area contributed by atoms with E-state index in [1.165, 1.54) is 25.2 Å². The van der Waals surface area contributed by atoms with Gasteiger partial charge in [0.25, 0.3) is 0 Å². The molecule has 0 amide bonds. The Balaban J connectivity index is 2.91. The lowest BCUT2D eigenvalue weighted by Crippen LogP contribution is -2.29. The topological polar surface area (TPSA) is 74.7 Å². The Morgan fingerprint density at radius 3 is 2.65 bits per heavy atom. The van der Waals surface area contributed by atoms with Gasteiger partial charge in [0.1, 0.15) is 0 Å². The lowest BCUT2D eigenvalue weighted by molar-refractivity contribution is -0.137. The molecule has 0 fully saturated rings. The zero-order chi connectivity index (χ0) is 13.1. The largest absolute Gasteiger partial charge is 0.481 e. The fraction of sp³-hybridized carbons (Fsp3) is 0.300. The van der Waals surface area contributed by atoms with Crippen LogP contribution in [0.1, 0.15) is 6.42 Å². The van der Waals surface area contributed by atoms with E-state index in [-0.39, 0.29) is 17.9 Å². The molecule has 7 heteroatoms. The average Bonchev–Trinajstić information content (AvgIpc) is 2.25. The Kier molecular flexibility index (Phi) is 4.50. The summed E-state index contributed by atoms with van der Waals surface area (Å²) in [6.07, 6.45) is -0.240. The first kappa shape index (κ1) is 14.0. The third-order valence-corrected chi connectivity index (χ3v) is 4.23. The van der Waals surface area contributed by atoms with E-state index in [0.717, 1.165) is 4.31 Å². The number of halogens is 1. The highest BCUT2D eigenvalue weighted by atomic mass is 35.5. The summed E-state index contributed by atoms with van der Waals surface area (Å²) in [5.41, 5.74) is 0. The highest BCUT2D eigenvalue weighted by Gasteiger charge is 2.21. The van der Waals surface area contributed by atoms with Crippen LogP contribution >= 0.6 is 11.6 Å². The summed E-state index contributed by atoms with van der Waals surface area (Å²) in [5.74, 6) is -1.04. The number of benzene rings is 1. The number of hydrogen-bond acceptors (Lipinski definition) is 3. The zero-order valence-corrected chi connectivity index (χ0v) is 10.7. The number of carboxylic acid groups (broad SMARTS) is 1. The second-order valence-electron chi connectivity index (χ2n) is 3.43. The van der Waals surface area contributed by atoms with Crippen LogP contribution < -0.4 is 0 Å². The number of carbonyl (C=O) groups is 1. The van der Waals surface area contributed by atoms with Crippen LogP contribution in [0.25, 0.3) is 0 Å². The van der Waals surface area contributed by atoms with Gasteiger partial charge in [-0.25, -0.2) is 12.7 Å². The zero-order valence-electron chi connectivity index (χ0n) is 9.13. The molecule has 1 N–H and O–H groups in total. The number of sulfonamides is 1. The van der Waals surface area contributed by atoms with E-state index in [1.807, 2.05) is 0 Å². The summed E-state index contributed by atoms with van der Waals surface area (Å²) in [7, 11) is -2.34. The molecule has 0 saturated heterocycles. The van der Waals surface area contributed by atoms with Crippen LogP contribution in [0.2, 0.25) is 5.02 Å². The number of aliphatic carboxylic acids is 1. The van der Waals surface area contributed by atoms with Gasteiger partial charge >= 0.3 is 5.97 Å². The van der Waals surface area contributed by atoms with Crippen molar-refractivity contribution in [2.75, 3.05) is 13.6 Å². The van der Waals surface area contributed by atoms with Gasteiger partial charge in [0.05, 0.1) is 11.3 Å². The molecule has 0 unspecified atom stereocenters. The van der Waals surface area contributed by atoms with Crippen molar-refractivity contribution in [2.24, 2.45) is 0 Å². The van der Waals surface area contributed by atoms with E-state index in [1.54, 1.807) is 6.07 Å². The maximum atomic E-state index is 12.0. The summed E-state index contributed by atoms with van der Waals surface area (Å²) in [4.78, 5) is 10.4. The minimum Gasteiger partial charge on any atom is -0.481 e. The number of hydrogen-bond donors (Lipinski definition) is 1. The molecule has 0 aliphatic carbocycles. The monoisotopic (exact) mass is 277 g/mol. The normalized spacial score (nSPS) is 11.7. The van der Waals surface area contributed by atoms with Gasteiger partial charge in [0, 0.05) is 18.6 Å². The lowest BCUT2D eigenvalue weighted by Gasteiger charge is -2.16. The van der Waals surface area contributed by atoms with Gasteiger partial charge in [-0.05, 0) is 18.2 Å². The second kappa shape index (κ2) is 5.48. The molecule has 0 saturated carbocycles. The Hall–Kier alpha value is -1.11. The van der Waals surface area contributed by atoms with E-state index >= 15 is 0 Å². The first-order chi connectivity index (χ1) is 7.84. The minimum absolute atomic E-state index is 0.0536. The van der Waals surface area contributed by atoms with Gasteiger partial charge in [-0.15, -0.1) is 0 Å². The molecule has 94 valence electrons. The Bertz CT molecular complexity index is 515. The molecule has 1 aromatic carbocycles.